The van der Waals surface area contributed by atoms with Gasteiger partial charge in [-0.25, -0.2) is 0 Å². The predicted molar refractivity (Wildman–Crippen MR) is 57.2 cm³/mol. The topological polar surface area (TPSA) is 75.3 Å². The van der Waals surface area contributed by atoms with Gasteiger partial charge in [-0.2, -0.15) is 0 Å². The molecule has 0 amide bonds. The van der Waals surface area contributed by atoms with Crippen molar-refractivity contribution in [2.24, 2.45) is 5.73 Å². The van der Waals surface area contributed by atoms with E-state index in [2.05, 4.69) is 12.2 Å². The zero-order valence-corrected chi connectivity index (χ0v) is 8.96. The summed E-state index contributed by atoms with van der Waals surface area (Å²) >= 11 is 0. The number of unbranched alkanes of at least 4 members (excludes halogenated alkanes) is 3. The van der Waals surface area contributed by atoms with Gasteiger partial charge in [0.15, 0.2) is 0 Å². The van der Waals surface area contributed by atoms with Crippen LogP contribution < -0.4 is 11.1 Å². The quantitative estimate of drug-likeness (QED) is 0.487. The van der Waals surface area contributed by atoms with Crippen molar-refractivity contribution in [2.75, 3.05) is 13.1 Å². The number of carbonyl (C=O) groups is 1. The Morgan fingerprint density at radius 2 is 2.14 bits per heavy atom. The third-order valence-electron chi connectivity index (χ3n) is 2.17. The maximum Gasteiger partial charge on any atom is 0.320 e. The molecule has 1 atom stereocenters. The summed E-state index contributed by atoms with van der Waals surface area (Å²) in [4.78, 5) is 10.7. The maximum atomic E-state index is 10.7. The number of rotatable bonds is 9. The highest BCUT2D eigenvalue weighted by atomic mass is 16.4. The monoisotopic (exact) mass is 202 g/mol. The molecule has 0 spiro atoms. The van der Waals surface area contributed by atoms with Gasteiger partial charge in [0.25, 0.3) is 0 Å². The number of nitrogens with one attached hydrogen (secondary N) is 1. The summed E-state index contributed by atoms with van der Waals surface area (Å²) in [6.45, 7) is 3.35. The van der Waals surface area contributed by atoms with Gasteiger partial charge in [0.1, 0.15) is 6.04 Å². The zero-order chi connectivity index (χ0) is 10.8. The highest BCUT2D eigenvalue weighted by Crippen LogP contribution is 1.98. The molecule has 0 aliphatic rings. The molecule has 4 heteroatoms. The smallest absolute Gasteiger partial charge is 0.320 e. The second kappa shape index (κ2) is 8.97. The minimum Gasteiger partial charge on any atom is -0.480 e. The molecular formula is C10H22N2O2. The molecule has 0 saturated carbocycles. The predicted octanol–water partition coefficient (Wildman–Crippen LogP) is 0.958. The van der Waals surface area contributed by atoms with E-state index >= 15 is 0 Å². The van der Waals surface area contributed by atoms with Gasteiger partial charge in [-0.15, -0.1) is 0 Å². The van der Waals surface area contributed by atoms with E-state index in [0.717, 1.165) is 13.0 Å². The largest absolute Gasteiger partial charge is 0.480 e. The molecule has 0 bridgehead atoms. The lowest BCUT2D eigenvalue weighted by molar-refractivity contribution is -0.139. The molecular weight excluding hydrogens is 180 g/mol. The Morgan fingerprint density at radius 3 is 2.64 bits per heavy atom. The first-order chi connectivity index (χ1) is 6.72. The molecule has 4 nitrogen and oxygen atoms in total. The van der Waals surface area contributed by atoms with Crippen LogP contribution in [0.4, 0.5) is 0 Å². The summed E-state index contributed by atoms with van der Waals surface area (Å²) in [5, 5.41) is 11.8. The van der Waals surface area contributed by atoms with E-state index in [1.54, 1.807) is 0 Å². The van der Waals surface area contributed by atoms with E-state index in [9.17, 15) is 4.79 Å². The van der Waals surface area contributed by atoms with Crippen LogP contribution in [-0.4, -0.2) is 30.2 Å². The van der Waals surface area contributed by atoms with Crippen LogP contribution in [0.3, 0.4) is 0 Å². The fourth-order valence-electron chi connectivity index (χ4n) is 1.31. The summed E-state index contributed by atoms with van der Waals surface area (Å²) in [6, 6.07) is -0.471. The van der Waals surface area contributed by atoms with Crippen LogP contribution in [0.5, 0.6) is 0 Å². The van der Waals surface area contributed by atoms with E-state index in [-0.39, 0.29) is 0 Å². The van der Waals surface area contributed by atoms with Crippen LogP contribution >= 0.6 is 0 Å². The van der Waals surface area contributed by atoms with Gasteiger partial charge in [0.2, 0.25) is 0 Å². The van der Waals surface area contributed by atoms with Crippen LogP contribution in [0.25, 0.3) is 0 Å². The molecule has 0 aromatic carbocycles. The van der Waals surface area contributed by atoms with Crippen molar-refractivity contribution < 1.29 is 9.90 Å². The molecule has 0 rings (SSSR count). The van der Waals surface area contributed by atoms with Crippen molar-refractivity contribution in [3.05, 3.63) is 0 Å². The Bertz CT molecular complexity index is 151. The molecule has 4 N–H and O–H groups in total. The third-order valence-corrected chi connectivity index (χ3v) is 2.17. The van der Waals surface area contributed by atoms with Gasteiger partial charge < -0.3 is 16.2 Å². The van der Waals surface area contributed by atoms with Gasteiger partial charge in [0, 0.05) is 0 Å². The van der Waals surface area contributed by atoms with Crippen molar-refractivity contribution in [3.63, 3.8) is 0 Å². The molecule has 1 unspecified atom stereocenters. The van der Waals surface area contributed by atoms with Gasteiger partial charge in [-0.1, -0.05) is 26.2 Å². The van der Waals surface area contributed by atoms with Crippen LogP contribution in [-0.2, 0) is 4.79 Å². The van der Waals surface area contributed by atoms with E-state index < -0.39 is 12.0 Å². The Hall–Kier alpha value is -0.610. The maximum absolute atomic E-state index is 10.7. The molecule has 0 aromatic heterocycles. The summed E-state index contributed by atoms with van der Waals surface area (Å²) in [5.41, 5.74) is 5.32. The van der Waals surface area contributed by atoms with Crippen LogP contribution in [0.1, 0.15) is 39.0 Å². The molecule has 0 aliphatic heterocycles. The van der Waals surface area contributed by atoms with Crippen LogP contribution in [0.15, 0.2) is 0 Å². The standard InChI is InChI=1S/C10H22N2O2/c1-2-3-4-5-8-12-9(6-7-11)10(13)14/h9,12H,2-8,11H2,1H3,(H,13,14). The first kappa shape index (κ1) is 13.4. The summed E-state index contributed by atoms with van der Waals surface area (Å²) in [5.74, 6) is -0.800. The molecule has 14 heavy (non-hydrogen) atoms. The number of carboxylic acid groups (broad SMARTS) is 1. The first-order valence-electron chi connectivity index (χ1n) is 5.38. The van der Waals surface area contributed by atoms with E-state index in [1.807, 2.05) is 0 Å². The number of hydrogen-bond acceptors (Lipinski definition) is 3. The SMILES string of the molecule is CCCCCCNC(CCN)C(=O)O. The second-order valence-corrected chi connectivity index (χ2v) is 3.48. The molecule has 0 aliphatic carbocycles. The Morgan fingerprint density at radius 1 is 1.43 bits per heavy atom. The minimum absolute atomic E-state index is 0.416. The van der Waals surface area contributed by atoms with Crippen LogP contribution in [0.2, 0.25) is 0 Å². The Labute approximate surface area is 85.9 Å². The van der Waals surface area contributed by atoms with Gasteiger partial charge >= 0.3 is 5.97 Å². The summed E-state index contributed by atoms with van der Waals surface area (Å²) < 4.78 is 0. The van der Waals surface area contributed by atoms with E-state index in [0.29, 0.717) is 13.0 Å². The molecule has 0 saturated heterocycles. The lowest BCUT2D eigenvalue weighted by Gasteiger charge is -2.12. The third kappa shape index (κ3) is 6.86. The number of nitrogens with two attached hydrogens (primary N) is 1. The molecule has 0 aromatic rings. The van der Waals surface area contributed by atoms with Gasteiger partial charge in [-0.3, -0.25) is 4.79 Å². The van der Waals surface area contributed by atoms with Crippen molar-refractivity contribution in [3.8, 4) is 0 Å². The second-order valence-electron chi connectivity index (χ2n) is 3.48. The summed E-state index contributed by atoms with van der Waals surface area (Å²) in [6.07, 6.45) is 5.13. The average molecular weight is 202 g/mol. The highest BCUT2D eigenvalue weighted by Gasteiger charge is 2.14. The van der Waals surface area contributed by atoms with Crippen molar-refractivity contribution in [2.45, 2.75) is 45.1 Å². The lowest BCUT2D eigenvalue weighted by atomic mass is 10.1. The average Bonchev–Trinajstić information content (AvgIpc) is 2.15. The first-order valence-corrected chi connectivity index (χ1v) is 5.38. The number of carboxylic acids is 1. The number of hydrogen-bond donors (Lipinski definition) is 3. The fourth-order valence-corrected chi connectivity index (χ4v) is 1.31. The van der Waals surface area contributed by atoms with Crippen LogP contribution in [0, 0.1) is 0 Å². The molecule has 0 heterocycles. The zero-order valence-electron chi connectivity index (χ0n) is 8.96. The minimum atomic E-state index is -0.800. The van der Waals surface area contributed by atoms with Crippen molar-refractivity contribution in [1.82, 2.24) is 5.32 Å². The number of aliphatic carboxylic acids is 1. The summed E-state index contributed by atoms with van der Waals surface area (Å²) in [7, 11) is 0. The Kier molecular flexibility index (Phi) is 8.57. The molecule has 0 radical (unpaired) electrons. The fraction of sp³-hybridized carbons (Fsp3) is 0.900. The lowest BCUT2D eigenvalue weighted by Crippen LogP contribution is -2.38. The molecule has 84 valence electrons. The highest BCUT2D eigenvalue weighted by molar-refractivity contribution is 5.73. The van der Waals surface area contributed by atoms with E-state index in [4.69, 9.17) is 10.8 Å². The van der Waals surface area contributed by atoms with Crippen molar-refractivity contribution in [1.29, 1.82) is 0 Å². The normalized spacial score (nSPS) is 12.7. The Balaban J connectivity index is 3.46. The van der Waals surface area contributed by atoms with E-state index in [1.165, 1.54) is 19.3 Å². The van der Waals surface area contributed by atoms with Gasteiger partial charge in [0.05, 0.1) is 0 Å². The van der Waals surface area contributed by atoms with Gasteiger partial charge in [-0.05, 0) is 25.9 Å². The molecule has 0 fully saturated rings. The van der Waals surface area contributed by atoms with Crippen molar-refractivity contribution >= 4 is 5.97 Å².